The zero-order valence-electron chi connectivity index (χ0n) is 12.9. The van der Waals surface area contributed by atoms with E-state index < -0.39 is 0 Å². The molecule has 0 radical (unpaired) electrons. The Morgan fingerprint density at radius 1 is 1.29 bits per heavy atom. The van der Waals surface area contributed by atoms with Crippen LogP contribution in [0.2, 0.25) is 0 Å². The molecule has 1 aliphatic heterocycles. The first-order valence-electron chi connectivity index (χ1n) is 7.66. The number of hydrogen-bond acceptors (Lipinski definition) is 5. The van der Waals surface area contributed by atoms with Gasteiger partial charge in [-0.3, -0.25) is 14.6 Å². The summed E-state index contributed by atoms with van der Waals surface area (Å²) in [5.74, 6) is 0.917. The van der Waals surface area contributed by atoms with Crippen LogP contribution < -0.4 is 15.6 Å². The summed E-state index contributed by atoms with van der Waals surface area (Å²) >= 11 is 0. The van der Waals surface area contributed by atoms with Crippen molar-refractivity contribution < 1.29 is 9.53 Å². The summed E-state index contributed by atoms with van der Waals surface area (Å²) in [4.78, 5) is 31.3. The molecule has 0 saturated carbocycles. The number of benzene rings is 1. The van der Waals surface area contributed by atoms with Crippen molar-refractivity contribution in [1.82, 2.24) is 19.6 Å². The fraction of sp³-hybridized carbons (Fsp3) is 0.250. The van der Waals surface area contributed by atoms with Gasteiger partial charge in [0.2, 0.25) is 11.7 Å². The predicted octanol–water partition coefficient (Wildman–Crippen LogP) is 1.29. The number of hydrogen-bond donors (Lipinski definition) is 2. The lowest BCUT2D eigenvalue weighted by Crippen LogP contribution is -2.32. The van der Waals surface area contributed by atoms with E-state index in [2.05, 4.69) is 20.4 Å². The summed E-state index contributed by atoms with van der Waals surface area (Å²) in [6.45, 7) is 2.50. The minimum Gasteiger partial charge on any atom is -0.494 e. The van der Waals surface area contributed by atoms with E-state index in [-0.39, 0.29) is 23.8 Å². The zero-order chi connectivity index (χ0) is 16.7. The van der Waals surface area contributed by atoms with Gasteiger partial charge >= 0.3 is 0 Å². The molecule has 24 heavy (non-hydrogen) atoms. The molecule has 0 aliphatic carbocycles. The van der Waals surface area contributed by atoms with Gasteiger partial charge in [-0.05, 0) is 24.6 Å². The number of fused-ring (bicyclic) bond motifs is 3. The fourth-order valence-corrected chi connectivity index (χ4v) is 3.04. The van der Waals surface area contributed by atoms with Gasteiger partial charge in [-0.25, -0.2) is 0 Å². The van der Waals surface area contributed by atoms with Crippen LogP contribution in [0.15, 0.2) is 35.4 Å². The first kappa shape index (κ1) is 14.4. The molecule has 8 heteroatoms. The SMILES string of the molecule is CCOc1ccc([C@H]2CC(=O)Nc3c2c(=O)[nH]c2ncnn32)cc1. The largest absolute Gasteiger partial charge is 0.494 e. The Morgan fingerprint density at radius 3 is 2.83 bits per heavy atom. The smallest absolute Gasteiger partial charge is 0.258 e. The highest BCUT2D eigenvalue weighted by Gasteiger charge is 2.31. The minimum atomic E-state index is -0.346. The van der Waals surface area contributed by atoms with Crippen molar-refractivity contribution in [2.45, 2.75) is 19.3 Å². The standard InChI is InChI=1S/C16H15N5O3/c1-2-24-10-5-3-9(4-6-10)11-7-12(22)19-14-13(11)15(23)20-16-17-8-18-21(14)16/h3-6,8,11H,2,7H2,1H3,(H,19,22)(H,17,18,20,23)/t11-/m1/s1. The maximum atomic E-state index is 12.5. The molecule has 2 N–H and O–H groups in total. The van der Waals surface area contributed by atoms with Crippen molar-refractivity contribution in [3.63, 3.8) is 0 Å². The molecule has 0 unspecified atom stereocenters. The third-order valence-corrected chi connectivity index (χ3v) is 4.07. The van der Waals surface area contributed by atoms with E-state index in [0.717, 1.165) is 11.3 Å². The molecule has 1 aliphatic rings. The lowest BCUT2D eigenvalue weighted by molar-refractivity contribution is -0.116. The molecule has 1 aromatic carbocycles. The normalized spacial score (nSPS) is 16.7. The number of anilines is 1. The Hall–Kier alpha value is -3.16. The fourth-order valence-electron chi connectivity index (χ4n) is 3.04. The molecule has 4 rings (SSSR count). The van der Waals surface area contributed by atoms with E-state index >= 15 is 0 Å². The number of aromatic amines is 1. The van der Waals surface area contributed by atoms with Gasteiger partial charge in [0.25, 0.3) is 5.56 Å². The van der Waals surface area contributed by atoms with Crippen LogP contribution in [0.1, 0.15) is 30.4 Å². The van der Waals surface area contributed by atoms with Gasteiger partial charge in [-0.1, -0.05) is 12.1 Å². The topological polar surface area (TPSA) is 101 Å². The molecule has 8 nitrogen and oxygen atoms in total. The molecular weight excluding hydrogens is 310 g/mol. The first-order valence-corrected chi connectivity index (χ1v) is 7.66. The molecule has 0 fully saturated rings. The number of nitrogens with one attached hydrogen (secondary N) is 2. The van der Waals surface area contributed by atoms with Crippen LogP contribution in [0.5, 0.6) is 5.75 Å². The third-order valence-electron chi connectivity index (χ3n) is 4.07. The number of nitrogens with zero attached hydrogens (tertiary/aromatic N) is 3. The van der Waals surface area contributed by atoms with Crippen LogP contribution in [0.25, 0.3) is 5.78 Å². The number of H-pyrrole nitrogens is 1. The number of carbonyl (C=O) groups excluding carboxylic acids is 1. The number of amides is 1. The quantitative estimate of drug-likeness (QED) is 0.755. The molecule has 2 aromatic heterocycles. The maximum absolute atomic E-state index is 12.5. The van der Waals surface area contributed by atoms with E-state index in [1.165, 1.54) is 10.8 Å². The van der Waals surface area contributed by atoms with Crippen molar-refractivity contribution in [2.24, 2.45) is 0 Å². The highest BCUT2D eigenvalue weighted by molar-refractivity contribution is 5.94. The van der Waals surface area contributed by atoms with Crippen molar-refractivity contribution in [2.75, 3.05) is 11.9 Å². The Kier molecular flexibility index (Phi) is 3.30. The number of carbonyl (C=O) groups is 1. The molecule has 1 atom stereocenters. The van der Waals surface area contributed by atoms with Gasteiger partial charge in [0, 0.05) is 12.3 Å². The zero-order valence-corrected chi connectivity index (χ0v) is 12.9. The van der Waals surface area contributed by atoms with Gasteiger partial charge in [0.05, 0.1) is 12.2 Å². The van der Waals surface area contributed by atoms with Gasteiger partial charge in [0.15, 0.2) is 0 Å². The molecule has 3 heterocycles. The van der Waals surface area contributed by atoms with Crippen LogP contribution in [-0.4, -0.2) is 32.1 Å². The number of ether oxygens (including phenoxy) is 1. The molecular formula is C16H15N5O3. The third kappa shape index (κ3) is 2.23. The monoisotopic (exact) mass is 325 g/mol. The van der Waals surface area contributed by atoms with Crippen LogP contribution in [0, 0.1) is 0 Å². The second kappa shape index (κ2) is 5.48. The van der Waals surface area contributed by atoms with Crippen molar-refractivity contribution in [1.29, 1.82) is 0 Å². The number of aromatic nitrogens is 4. The predicted molar refractivity (Wildman–Crippen MR) is 86.3 cm³/mol. The van der Waals surface area contributed by atoms with Crippen LogP contribution in [0.3, 0.4) is 0 Å². The van der Waals surface area contributed by atoms with Crippen LogP contribution in [0.4, 0.5) is 5.82 Å². The summed E-state index contributed by atoms with van der Waals surface area (Å²) in [6, 6.07) is 7.44. The molecule has 0 saturated heterocycles. The maximum Gasteiger partial charge on any atom is 0.258 e. The van der Waals surface area contributed by atoms with Gasteiger partial charge in [-0.2, -0.15) is 14.6 Å². The lowest BCUT2D eigenvalue weighted by atomic mass is 9.87. The Morgan fingerprint density at radius 2 is 2.08 bits per heavy atom. The van der Waals surface area contributed by atoms with E-state index in [9.17, 15) is 9.59 Å². The van der Waals surface area contributed by atoms with E-state index in [4.69, 9.17) is 4.74 Å². The van der Waals surface area contributed by atoms with Crippen LogP contribution in [-0.2, 0) is 4.79 Å². The average Bonchev–Trinajstić information content (AvgIpc) is 3.03. The Labute approximate surface area is 136 Å². The van der Waals surface area contributed by atoms with Crippen LogP contribution >= 0.6 is 0 Å². The van der Waals surface area contributed by atoms with Crippen molar-refractivity contribution >= 4 is 17.5 Å². The Bertz CT molecular complexity index is 974. The van der Waals surface area contributed by atoms with E-state index in [1.54, 1.807) is 0 Å². The molecule has 3 aromatic rings. The van der Waals surface area contributed by atoms with E-state index in [1.807, 2.05) is 31.2 Å². The van der Waals surface area contributed by atoms with E-state index in [0.29, 0.717) is 23.8 Å². The number of rotatable bonds is 3. The summed E-state index contributed by atoms with van der Waals surface area (Å²) in [6.07, 6.45) is 1.53. The van der Waals surface area contributed by atoms with Gasteiger partial charge < -0.3 is 10.1 Å². The Balaban J connectivity index is 1.86. The summed E-state index contributed by atoms with van der Waals surface area (Å²) < 4.78 is 6.88. The lowest BCUT2D eigenvalue weighted by Gasteiger charge is -2.25. The summed E-state index contributed by atoms with van der Waals surface area (Å²) in [7, 11) is 0. The highest BCUT2D eigenvalue weighted by Crippen LogP contribution is 2.35. The first-order chi connectivity index (χ1) is 11.7. The second-order valence-corrected chi connectivity index (χ2v) is 5.52. The second-order valence-electron chi connectivity index (χ2n) is 5.52. The average molecular weight is 325 g/mol. The molecule has 122 valence electrons. The van der Waals surface area contributed by atoms with Crippen molar-refractivity contribution in [3.05, 3.63) is 52.1 Å². The van der Waals surface area contributed by atoms with Gasteiger partial charge in [0.1, 0.15) is 17.9 Å². The molecule has 0 spiro atoms. The molecule has 0 bridgehead atoms. The summed E-state index contributed by atoms with van der Waals surface area (Å²) in [5, 5.41) is 6.81. The highest BCUT2D eigenvalue weighted by atomic mass is 16.5. The van der Waals surface area contributed by atoms with Crippen molar-refractivity contribution in [3.8, 4) is 5.75 Å². The minimum absolute atomic E-state index is 0.163. The molecule has 1 amide bonds. The summed E-state index contributed by atoms with van der Waals surface area (Å²) in [5.41, 5.74) is 1.08. The van der Waals surface area contributed by atoms with Gasteiger partial charge in [-0.15, -0.1) is 0 Å².